The summed E-state index contributed by atoms with van der Waals surface area (Å²) in [5.74, 6) is 0.279. The van der Waals surface area contributed by atoms with E-state index in [4.69, 9.17) is 4.74 Å². The minimum atomic E-state index is -0.338. The van der Waals surface area contributed by atoms with E-state index >= 15 is 0 Å². The lowest BCUT2D eigenvalue weighted by Gasteiger charge is -2.05. The zero-order valence-electron chi connectivity index (χ0n) is 11.6. The number of methoxy groups -OCH3 is 1. The van der Waals surface area contributed by atoms with Crippen LogP contribution >= 0.6 is 0 Å². The summed E-state index contributed by atoms with van der Waals surface area (Å²) < 4.78 is 5.15. The second-order valence-corrected chi connectivity index (χ2v) is 4.13. The number of rotatable bonds is 6. The monoisotopic (exact) mass is 284 g/mol. The van der Waals surface area contributed by atoms with E-state index in [1.165, 1.54) is 6.21 Å². The molecule has 1 aromatic heterocycles. The van der Waals surface area contributed by atoms with Crippen LogP contribution in [0.2, 0.25) is 0 Å². The van der Waals surface area contributed by atoms with E-state index in [0.717, 1.165) is 5.56 Å². The molecule has 21 heavy (non-hydrogen) atoms. The third kappa shape index (κ3) is 4.70. The first-order chi connectivity index (χ1) is 10.3. The number of ether oxygens (including phenoxy) is 1. The van der Waals surface area contributed by atoms with Crippen LogP contribution in [0.5, 0.6) is 5.75 Å². The summed E-state index contributed by atoms with van der Waals surface area (Å²) in [4.78, 5) is 19.6. The molecule has 0 aliphatic rings. The molecule has 6 nitrogen and oxygen atoms in total. The van der Waals surface area contributed by atoms with Crippen LogP contribution in [-0.2, 0) is 11.3 Å². The number of hydrazine groups is 1. The molecule has 6 heteroatoms. The number of nitrogens with zero attached hydrogens (tertiary/aromatic N) is 2. The number of hydrogen-bond acceptors (Lipinski definition) is 5. The fraction of sp³-hybridized carbons (Fsp3) is 0.133. The summed E-state index contributed by atoms with van der Waals surface area (Å²) in [7, 11) is 1.56. The lowest BCUT2D eigenvalue weighted by molar-refractivity contribution is -0.115. The number of carbonyl (C=O) groups is 1. The van der Waals surface area contributed by atoms with Crippen LogP contribution < -0.4 is 15.6 Å². The Labute approximate surface area is 122 Å². The van der Waals surface area contributed by atoms with Crippen molar-refractivity contribution in [2.24, 2.45) is 4.99 Å². The molecule has 0 saturated heterocycles. The van der Waals surface area contributed by atoms with Crippen LogP contribution in [0.3, 0.4) is 0 Å². The van der Waals surface area contributed by atoms with Gasteiger partial charge in [0.25, 0.3) is 5.91 Å². The molecule has 0 bridgehead atoms. The molecule has 0 spiro atoms. The van der Waals surface area contributed by atoms with E-state index < -0.39 is 0 Å². The van der Waals surface area contributed by atoms with Crippen molar-refractivity contribution in [3.63, 3.8) is 0 Å². The van der Waals surface area contributed by atoms with Crippen molar-refractivity contribution >= 4 is 17.8 Å². The molecule has 0 fully saturated rings. The van der Waals surface area contributed by atoms with Crippen LogP contribution in [0, 0.1) is 0 Å². The van der Waals surface area contributed by atoms with Crippen LogP contribution in [0.4, 0.5) is 5.69 Å². The van der Waals surface area contributed by atoms with E-state index in [1.807, 2.05) is 24.3 Å². The number of amides is 1. The van der Waals surface area contributed by atoms with Crippen LogP contribution in [-0.4, -0.2) is 24.2 Å². The molecule has 1 heterocycles. The van der Waals surface area contributed by atoms with Gasteiger partial charge in [0.1, 0.15) is 11.4 Å². The maximum Gasteiger partial charge on any atom is 0.276 e. The molecule has 2 rings (SSSR count). The number of para-hydroxylation sites is 2. The van der Waals surface area contributed by atoms with E-state index in [-0.39, 0.29) is 5.91 Å². The van der Waals surface area contributed by atoms with Crippen molar-refractivity contribution in [2.75, 3.05) is 7.11 Å². The Morgan fingerprint density at radius 2 is 2.05 bits per heavy atom. The SMILES string of the molecule is COc1ccccc1N=CC(=O)NNCc1ccncc1. The molecule has 1 aromatic carbocycles. The molecule has 0 saturated carbocycles. The highest BCUT2D eigenvalue weighted by Gasteiger charge is 2.00. The predicted octanol–water partition coefficient (Wildman–Crippen LogP) is 1.61. The third-order valence-electron chi connectivity index (χ3n) is 2.66. The van der Waals surface area contributed by atoms with E-state index in [9.17, 15) is 4.79 Å². The number of aliphatic imine (C=N–C) groups is 1. The number of pyridine rings is 1. The minimum absolute atomic E-state index is 0.338. The standard InChI is InChI=1S/C15H16N4O2/c1-21-14-5-3-2-4-13(14)17-11-15(20)19-18-10-12-6-8-16-9-7-12/h2-9,11,18H,10H2,1H3,(H,19,20). The highest BCUT2D eigenvalue weighted by molar-refractivity contribution is 6.26. The second kappa shape index (κ2) is 7.76. The normalized spacial score (nSPS) is 10.5. The molecule has 0 radical (unpaired) electrons. The van der Waals surface area contributed by atoms with Gasteiger partial charge in [-0.3, -0.25) is 15.2 Å². The highest BCUT2D eigenvalue weighted by Crippen LogP contribution is 2.25. The Balaban J connectivity index is 1.83. The average molecular weight is 284 g/mol. The average Bonchev–Trinajstić information content (AvgIpc) is 2.54. The smallest absolute Gasteiger partial charge is 0.276 e. The van der Waals surface area contributed by atoms with Crippen molar-refractivity contribution in [3.05, 3.63) is 54.4 Å². The van der Waals surface area contributed by atoms with Crippen molar-refractivity contribution < 1.29 is 9.53 Å². The molecule has 0 aliphatic heterocycles. The molecule has 0 unspecified atom stereocenters. The first-order valence-corrected chi connectivity index (χ1v) is 6.38. The summed E-state index contributed by atoms with van der Waals surface area (Å²) in [5.41, 5.74) is 6.98. The highest BCUT2D eigenvalue weighted by atomic mass is 16.5. The summed E-state index contributed by atoms with van der Waals surface area (Å²) in [6, 6.07) is 11.0. The summed E-state index contributed by atoms with van der Waals surface area (Å²) >= 11 is 0. The van der Waals surface area contributed by atoms with Gasteiger partial charge < -0.3 is 4.74 Å². The molecular formula is C15H16N4O2. The maximum atomic E-state index is 11.6. The van der Waals surface area contributed by atoms with Crippen molar-refractivity contribution in [3.8, 4) is 5.75 Å². The van der Waals surface area contributed by atoms with Crippen molar-refractivity contribution in [2.45, 2.75) is 6.54 Å². The van der Waals surface area contributed by atoms with Gasteiger partial charge in [-0.2, -0.15) is 0 Å². The predicted molar refractivity (Wildman–Crippen MR) is 80.4 cm³/mol. The third-order valence-corrected chi connectivity index (χ3v) is 2.66. The number of nitrogens with one attached hydrogen (secondary N) is 2. The van der Waals surface area contributed by atoms with Gasteiger partial charge in [0.15, 0.2) is 0 Å². The Morgan fingerprint density at radius 1 is 1.29 bits per heavy atom. The quantitative estimate of drug-likeness (QED) is 0.624. The Morgan fingerprint density at radius 3 is 2.81 bits per heavy atom. The molecule has 2 aromatic rings. The van der Waals surface area contributed by atoms with E-state index in [0.29, 0.717) is 18.0 Å². The molecule has 1 amide bonds. The zero-order chi connectivity index (χ0) is 14.9. The van der Waals surface area contributed by atoms with Gasteiger partial charge in [0.2, 0.25) is 0 Å². The first kappa shape index (κ1) is 14.7. The Hall–Kier alpha value is -2.73. The van der Waals surface area contributed by atoms with Gasteiger partial charge in [0.05, 0.1) is 13.3 Å². The topological polar surface area (TPSA) is 75.6 Å². The molecule has 2 N–H and O–H groups in total. The van der Waals surface area contributed by atoms with Gasteiger partial charge in [0, 0.05) is 18.9 Å². The summed E-state index contributed by atoms with van der Waals surface area (Å²) in [6.07, 6.45) is 4.60. The van der Waals surface area contributed by atoms with Crippen molar-refractivity contribution in [1.29, 1.82) is 0 Å². The maximum absolute atomic E-state index is 11.6. The van der Waals surface area contributed by atoms with Gasteiger partial charge in [-0.15, -0.1) is 0 Å². The van der Waals surface area contributed by atoms with Gasteiger partial charge in [-0.25, -0.2) is 10.4 Å². The first-order valence-electron chi connectivity index (χ1n) is 6.38. The largest absolute Gasteiger partial charge is 0.494 e. The molecular weight excluding hydrogens is 268 g/mol. The number of carbonyl (C=O) groups excluding carboxylic acids is 1. The molecule has 0 aliphatic carbocycles. The van der Waals surface area contributed by atoms with E-state index in [1.54, 1.807) is 31.6 Å². The molecule has 108 valence electrons. The van der Waals surface area contributed by atoms with Gasteiger partial charge in [-0.05, 0) is 29.8 Å². The summed E-state index contributed by atoms with van der Waals surface area (Å²) in [6.45, 7) is 0.511. The Bertz CT molecular complexity index is 614. The fourth-order valence-electron chi connectivity index (χ4n) is 1.63. The fourth-order valence-corrected chi connectivity index (χ4v) is 1.63. The Kier molecular flexibility index (Phi) is 5.42. The van der Waals surface area contributed by atoms with Gasteiger partial charge in [-0.1, -0.05) is 12.1 Å². The second-order valence-electron chi connectivity index (χ2n) is 4.13. The number of benzene rings is 1. The van der Waals surface area contributed by atoms with E-state index in [2.05, 4.69) is 20.8 Å². The van der Waals surface area contributed by atoms with Crippen LogP contribution in [0.15, 0.2) is 53.8 Å². The summed E-state index contributed by atoms with van der Waals surface area (Å²) in [5, 5.41) is 0. The van der Waals surface area contributed by atoms with Crippen molar-refractivity contribution in [1.82, 2.24) is 15.8 Å². The van der Waals surface area contributed by atoms with Gasteiger partial charge >= 0.3 is 0 Å². The lowest BCUT2D eigenvalue weighted by Crippen LogP contribution is -2.37. The zero-order valence-corrected chi connectivity index (χ0v) is 11.6. The number of hydrogen-bond donors (Lipinski definition) is 2. The lowest BCUT2D eigenvalue weighted by atomic mass is 10.3. The minimum Gasteiger partial charge on any atom is -0.494 e. The molecule has 0 atom stereocenters. The van der Waals surface area contributed by atoms with Crippen LogP contribution in [0.25, 0.3) is 0 Å². The van der Waals surface area contributed by atoms with Crippen LogP contribution in [0.1, 0.15) is 5.56 Å². The number of aromatic nitrogens is 1.